The van der Waals surface area contributed by atoms with Gasteiger partial charge < -0.3 is 16.4 Å². The third-order valence-electron chi connectivity index (χ3n) is 3.41. The van der Waals surface area contributed by atoms with Gasteiger partial charge in [0.25, 0.3) is 0 Å². The second-order valence-electron chi connectivity index (χ2n) is 5.59. The average Bonchev–Trinajstić information content (AvgIpc) is 2.27. The number of carbonyl (C=O) groups is 1. The van der Waals surface area contributed by atoms with Gasteiger partial charge in [0.1, 0.15) is 0 Å². The molecule has 0 atom stereocenters. The topological polar surface area (TPSA) is 84.7 Å². The number of piperidine rings is 1. The molecule has 0 aliphatic carbocycles. The lowest BCUT2D eigenvalue weighted by Crippen LogP contribution is -2.43. The Balaban J connectivity index is 0.00000289. The lowest BCUT2D eigenvalue weighted by molar-refractivity contribution is -0.125. The Morgan fingerprint density at radius 2 is 1.83 bits per heavy atom. The monoisotopic (exact) mass is 368 g/mol. The maximum Gasteiger partial charge on any atom is 0.224 e. The summed E-state index contributed by atoms with van der Waals surface area (Å²) in [5.41, 5.74) is 10.6. The number of hydrogen-bond donors (Lipinski definition) is 2. The van der Waals surface area contributed by atoms with E-state index >= 15 is 0 Å². The molecule has 0 aromatic heterocycles. The maximum absolute atomic E-state index is 11.2. The van der Waals surface area contributed by atoms with Crippen LogP contribution in [0.2, 0.25) is 0 Å². The lowest BCUT2D eigenvalue weighted by Gasteiger charge is -2.31. The zero-order valence-electron chi connectivity index (χ0n) is 11.5. The number of halogens is 1. The third-order valence-corrected chi connectivity index (χ3v) is 3.41. The van der Waals surface area contributed by atoms with Gasteiger partial charge in [0.05, 0.1) is 12.0 Å². The highest BCUT2D eigenvalue weighted by atomic mass is 127. The van der Waals surface area contributed by atoms with Gasteiger partial charge in [0.2, 0.25) is 5.91 Å². The van der Waals surface area contributed by atoms with E-state index in [1.807, 2.05) is 0 Å². The first-order valence-corrected chi connectivity index (χ1v) is 6.17. The van der Waals surface area contributed by atoms with Crippen LogP contribution in [-0.2, 0) is 4.79 Å². The molecule has 1 saturated heterocycles. The van der Waals surface area contributed by atoms with Crippen LogP contribution in [0.5, 0.6) is 0 Å². The maximum atomic E-state index is 11.2. The van der Waals surface area contributed by atoms with E-state index in [2.05, 4.69) is 16.8 Å². The van der Waals surface area contributed by atoms with Gasteiger partial charge in [-0.3, -0.25) is 9.79 Å². The number of aliphatic imine (C=N–C) groups is 1. The molecule has 0 bridgehead atoms. The summed E-state index contributed by atoms with van der Waals surface area (Å²) in [5.74, 6) is 0.952. The van der Waals surface area contributed by atoms with Crippen LogP contribution in [0.3, 0.4) is 0 Å². The van der Waals surface area contributed by atoms with Crippen LogP contribution >= 0.6 is 24.0 Å². The molecular formula is C12H25IN4O. The molecule has 0 radical (unpaired) electrons. The molecule has 0 aromatic rings. The quantitative estimate of drug-likeness (QED) is 0.446. The van der Waals surface area contributed by atoms with Crippen molar-refractivity contribution in [1.29, 1.82) is 0 Å². The summed E-state index contributed by atoms with van der Waals surface area (Å²) in [5, 5.41) is 0. The Bertz CT molecular complexity index is 309. The average molecular weight is 368 g/mol. The second-order valence-corrected chi connectivity index (χ2v) is 5.59. The summed E-state index contributed by atoms with van der Waals surface area (Å²) in [7, 11) is 0. The Morgan fingerprint density at radius 1 is 1.33 bits per heavy atom. The summed E-state index contributed by atoms with van der Waals surface area (Å²) in [4.78, 5) is 17.5. The SMILES string of the molecule is CC1CCN(C(N)=NCC(C)(C)C(N)=O)CC1.I. The first-order valence-electron chi connectivity index (χ1n) is 6.17. The third kappa shape index (κ3) is 4.99. The van der Waals surface area contributed by atoms with E-state index in [-0.39, 0.29) is 29.9 Å². The molecule has 1 fully saturated rings. The summed E-state index contributed by atoms with van der Waals surface area (Å²) in [6, 6.07) is 0. The van der Waals surface area contributed by atoms with Crippen LogP contribution < -0.4 is 11.5 Å². The van der Waals surface area contributed by atoms with Crippen molar-refractivity contribution in [1.82, 2.24) is 4.90 Å². The molecule has 0 saturated carbocycles. The van der Waals surface area contributed by atoms with Crippen molar-refractivity contribution in [3.05, 3.63) is 0 Å². The van der Waals surface area contributed by atoms with Gasteiger partial charge in [-0.15, -0.1) is 24.0 Å². The predicted octanol–water partition coefficient (Wildman–Crippen LogP) is 1.16. The molecule has 18 heavy (non-hydrogen) atoms. The van der Waals surface area contributed by atoms with Crippen molar-refractivity contribution in [3.63, 3.8) is 0 Å². The Morgan fingerprint density at radius 3 is 2.28 bits per heavy atom. The van der Waals surface area contributed by atoms with Crippen molar-refractivity contribution in [2.24, 2.45) is 27.8 Å². The number of likely N-dealkylation sites (tertiary alicyclic amines) is 1. The Labute approximate surface area is 126 Å². The Hall–Kier alpha value is -0.530. The van der Waals surface area contributed by atoms with Gasteiger partial charge in [0.15, 0.2) is 5.96 Å². The fourth-order valence-corrected chi connectivity index (χ4v) is 1.69. The zero-order chi connectivity index (χ0) is 13.1. The highest BCUT2D eigenvalue weighted by Gasteiger charge is 2.25. The van der Waals surface area contributed by atoms with Crippen molar-refractivity contribution >= 4 is 35.8 Å². The number of nitrogens with two attached hydrogens (primary N) is 2. The number of amides is 1. The molecule has 1 rings (SSSR count). The lowest BCUT2D eigenvalue weighted by atomic mass is 9.93. The molecule has 0 unspecified atom stereocenters. The van der Waals surface area contributed by atoms with Gasteiger partial charge in [-0.1, -0.05) is 6.92 Å². The molecule has 106 valence electrons. The van der Waals surface area contributed by atoms with E-state index < -0.39 is 5.41 Å². The molecule has 0 spiro atoms. The number of carbonyl (C=O) groups excluding carboxylic acids is 1. The molecule has 1 aliphatic heterocycles. The fraction of sp³-hybridized carbons (Fsp3) is 0.833. The van der Waals surface area contributed by atoms with Gasteiger partial charge in [-0.25, -0.2) is 0 Å². The van der Waals surface area contributed by atoms with Gasteiger partial charge >= 0.3 is 0 Å². The standard InChI is InChI=1S/C12H24N4O.HI/c1-9-4-6-16(7-5-9)11(14)15-8-12(2,3)10(13)17;/h9H,4-8H2,1-3H3,(H2,13,17)(H2,14,15);1H. The molecule has 4 N–H and O–H groups in total. The van der Waals surface area contributed by atoms with E-state index in [4.69, 9.17) is 11.5 Å². The summed E-state index contributed by atoms with van der Waals surface area (Å²) in [6.07, 6.45) is 2.30. The number of primary amides is 1. The largest absolute Gasteiger partial charge is 0.370 e. The van der Waals surface area contributed by atoms with Gasteiger partial charge in [0, 0.05) is 13.1 Å². The van der Waals surface area contributed by atoms with E-state index in [0.29, 0.717) is 12.5 Å². The zero-order valence-corrected chi connectivity index (χ0v) is 13.8. The minimum absolute atomic E-state index is 0. The van der Waals surface area contributed by atoms with Crippen LogP contribution in [-0.4, -0.2) is 36.4 Å². The van der Waals surface area contributed by atoms with Crippen molar-refractivity contribution in [3.8, 4) is 0 Å². The number of hydrogen-bond acceptors (Lipinski definition) is 2. The fourth-order valence-electron chi connectivity index (χ4n) is 1.69. The first-order chi connectivity index (χ1) is 7.83. The highest BCUT2D eigenvalue weighted by Crippen LogP contribution is 2.17. The summed E-state index contributed by atoms with van der Waals surface area (Å²) < 4.78 is 0. The first kappa shape index (κ1) is 17.5. The molecule has 0 aromatic carbocycles. The summed E-state index contributed by atoms with van der Waals surface area (Å²) >= 11 is 0. The van der Waals surface area contributed by atoms with Crippen molar-refractivity contribution in [2.75, 3.05) is 19.6 Å². The molecule has 6 heteroatoms. The van der Waals surface area contributed by atoms with Crippen molar-refractivity contribution in [2.45, 2.75) is 33.6 Å². The van der Waals surface area contributed by atoms with E-state index in [1.165, 1.54) is 0 Å². The van der Waals surface area contributed by atoms with Crippen LogP contribution in [0.1, 0.15) is 33.6 Å². The van der Waals surface area contributed by atoms with Gasteiger partial charge in [-0.2, -0.15) is 0 Å². The number of guanidine groups is 1. The van der Waals surface area contributed by atoms with E-state index in [9.17, 15) is 4.79 Å². The molecule has 5 nitrogen and oxygen atoms in total. The smallest absolute Gasteiger partial charge is 0.224 e. The molecule has 1 amide bonds. The normalized spacial score (nSPS) is 18.4. The number of nitrogens with zero attached hydrogens (tertiary/aromatic N) is 2. The minimum atomic E-state index is -0.631. The molecule has 1 heterocycles. The predicted molar refractivity (Wildman–Crippen MR) is 84.9 cm³/mol. The van der Waals surface area contributed by atoms with Crippen LogP contribution in [0, 0.1) is 11.3 Å². The Kier molecular flexibility index (Phi) is 6.94. The van der Waals surface area contributed by atoms with E-state index in [1.54, 1.807) is 13.8 Å². The number of rotatable bonds is 3. The van der Waals surface area contributed by atoms with Crippen LogP contribution in [0.15, 0.2) is 4.99 Å². The van der Waals surface area contributed by atoms with Crippen LogP contribution in [0.25, 0.3) is 0 Å². The van der Waals surface area contributed by atoms with E-state index in [0.717, 1.165) is 31.8 Å². The second kappa shape index (κ2) is 7.16. The van der Waals surface area contributed by atoms with Crippen molar-refractivity contribution < 1.29 is 4.79 Å². The molecular weight excluding hydrogens is 343 g/mol. The van der Waals surface area contributed by atoms with Gasteiger partial charge in [-0.05, 0) is 32.6 Å². The highest BCUT2D eigenvalue weighted by molar-refractivity contribution is 14.0. The van der Waals surface area contributed by atoms with Crippen LogP contribution in [0.4, 0.5) is 0 Å². The minimum Gasteiger partial charge on any atom is -0.370 e. The summed E-state index contributed by atoms with van der Waals surface area (Å²) in [6.45, 7) is 8.07. The molecule has 1 aliphatic rings.